The average molecular weight is 291 g/mol. The highest BCUT2D eigenvalue weighted by Crippen LogP contribution is 2.64. The number of halogens is 2. The number of hydrogen-bond acceptors (Lipinski definition) is 2. The molecule has 102 valence electrons. The number of nitriles is 1. The van der Waals surface area contributed by atoms with Gasteiger partial charge in [-0.05, 0) is 18.8 Å². The van der Waals surface area contributed by atoms with Crippen LogP contribution in [0.5, 0.6) is 0 Å². The highest BCUT2D eigenvalue weighted by atomic mass is 35.5. The Morgan fingerprint density at radius 1 is 1.44 bits per heavy atom. The van der Waals surface area contributed by atoms with Crippen molar-refractivity contribution in [3.8, 4) is 6.07 Å². The van der Waals surface area contributed by atoms with Gasteiger partial charge in [-0.2, -0.15) is 5.26 Å². The van der Waals surface area contributed by atoms with E-state index in [0.717, 1.165) is 0 Å². The summed E-state index contributed by atoms with van der Waals surface area (Å²) in [6.45, 7) is 9.01. The first-order valence-corrected chi connectivity index (χ1v) is 6.83. The Balaban J connectivity index is 2.78. The number of carbonyl (C=O) groups is 1. The number of alkyl halides is 2. The maximum atomic E-state index is 12.5. The molecule has 1 fully saturated rings. The minimum atomic E-state index is -0.952. The molecule has 18 heavy (non-hydrogen) atoms. The van der Waals surface area contributed by atoms with Gasteiger partial charge in [-0.15, -0.1) is 23.2 Å². The SMILES string of the molecule is CC(C)(C)CN(CCC#N)C(=O)[C@]1(C)CC1(Cl)Cl. The molecular weight excluding hydrogens is 271 g/mol. The summed E-state index contributed by atoms with van der Waals surface area (Å²) in [5.41, 5.74) is -0.714. The highest BCUT2D eigenvalue weighted by Gasteiger charge is 2.68. The second kappa shape index (κ2) is 4.90. The van der Waals surface area contributed by atoms with E-state index < -0.39 is 9.75 Å². The number of nitrogens with zero attached hydrogens (tertiary/aromatic N) is 2. The van der Waals surface area contributed by atoms with E-state index in [0.29, 0.717) is 25.9 Å². The molecule has 1 amide bonds. The second-order valence-electron chi connectivity index (χ2n) is 6.41. The minimum Gasteiger partial charge on any atom is -0.341 e. The average Bonchev–Trinajstić information content (AvgIpc) is 2.71. The van der Waals surface area contributed by atoms with Crippen LogP contribution in [0.25, 0.3) is 0 Å². The van der Waals surface area contributed by atoms with Gasteiger partial charge in [-0.25, -0.2) is 0 Å². The summed E-state index contributed by atoms with van der Waals surface area (Å²) in [6, 6.07) is 2.07. The molecule has 1 saturated carbocycles. The van der Waals surface area contributed by atoms with Crippen molar-refractivity contribution in [3.05, 3.63) is 0 Å². The Morgan fingerprint density at radius 2 is 1.94 bits per heavy atom. The lowest BCUT2D eigenvalue weighted by molar-refractivity contribution is -0.137. The molecule has 1 rings (SSSR count). The fourth-order valence-electron chi connectivity index (χ4n) is 1.99. The van der Waals surface area contributed by atoms with Crippen LogP contribution >= 0.6 is 23.2 Å². The highest BCUT2D eigenvalue weighted by molar-refractivity contribution is 6.53. The predicted octanol–water partition coefficient (Wildman–Crippen LogP) is 3.36. The second-order valence-corrected chi connectivity index (χ2v) is 7.89. The number of hydrogen-bond donors (Lipinski definition) is 0. The zero-order chi connectivity index (χ0) is 14.2. The molecule has 0 aromatic carbocycles. The van der Waals surface area contributed by atoms with Crippen molar-refractivity contribution in [1.82, 2.24) is 4.90 Å². The lowest BCUT2D eigenvalue weighted by Gasteiger charge is -2.32. The number of rotatable bonds is 4. The van der Waals surface area contributed by atoms with Gasteiger partial charge in [-0.1, -0.05) is 20.8 Å². The van der Waals surface area contributed by atoms with Crippen molar-refractivity contribution in [2.45, 2.75) is 44.9 Å². The van der Waals surface area contributed by atoms with E-state index >= 15 is 0 Å². The van der Waals surface area contributed by atoms with E-state index in [4.69, 9.17) is 28.5 Å². The lowest BCUT2D eigenvalue weighted by Crippen LogP contribution is -2.43. The van der Waals surface area contributed by atoms with Gasteiger partial charge >= 0.3 is 0 Å². The van der Waals surface area contributed by atoms with Crippen molar-refractivity contribution in [2.75, 3.05) is 13.1 Å². The topological polar surface area (TPSA) is 44.1 Å². The molecule has 0 spiro atoms. The fraction of sp³-hybridized carbons (Fsp3) is 0.846. The Hall–Kier alpha value is -0.460. The molecule has 0 unspecified atom stereocenters. The summed E-state index contributed by atoms with van der Waals surface area (Å²) in [6.07, 6.45) is 0.810. The lowest BCUT2D eigenvalue weighted by atomic mass is 9.95. The van der Waals surface area contributed by atoms with Gasteiger partial charge in [0.05, 0.1) is 17.9 Å². The normalized spacial score (nSPS) is 25.4. The molecule has 1 atom stereocenters. The Kier molecular flexibility index (Phi) is 4.25. The Bertz CT molecular complexity index is 381. The van der Waals surface area contributed by atoms with E-state index in [1.54, 1.807) is 11.8 Å². The molecule has 0 radical (unpaired) electrons. The molecule has 1 aliphatic rings. The van der Waals surface area contributed by atoms with Crippen LogP contribution in [0.3, 0.4) is 0 Å². The summed E-state index contributed by atoms with van der Waals surface area (Å²) in [7, 11) is 0. The van der Waals surface area contributed by atoms with Gasteiger partial charge in [0, 0.05) is 13.1 Å². The summed E-state index contributed by atoms with van der Waals surface area (Å²) in [5, 5.41) is 8.68. The van der Waals surface area contributed by atoms with E-state index in [1.807, 2.05) is 0 Å². The first kappa shape index (κ1) is 15.6. The van der Waals surface area contributed by atoms with Crippen LogP contribution in [-0.4, -0.2) is 28.2 Å². The van der Waals surface area contributed by atoms with Crippen LogP contribution < -0.4 is 0 Å². The third-order valence-corrected chi connectivity index (χ3v) is 4.28. The number of amides is 1. The van der Waals surface area contributed by atoms with Crippen LogP contribution in [0.1, 0.15) is 40.5 Å². The summed E-state index contributed by atoms with van der Waals surface area (Å²) < 4.78 is -0.952. The molecular formula is C13H20Cl2N2O. The van der Waals surface area contributed by atoms with Crippen molar-refractivity contribution < 1.29 is 4.79 Å². The molecule has 0 saturated heterocycles. The van der Waals surface area contributed by atoms with Gasteiger partial charge in [0.2, 0.25) is 5.91 Å². The monoisotopic (exact) mass is 290 g/mol. The molecule has 5 heteroatoms. The van der Waals surface area contributed by atoms with Crippen molar-refractivity contribution in [3.63, 3.8) is 0 Å². The fourth-order valence-corrected chi connectivity index (χ4v) is 2.69. The number of carbonyl (C=O) groups excluding carboxylic acids is 1. The van der Waals surface area contributed by atoms with Gasteiger partial charge < -0.3 is 4.90 Å². The zero-order valence-electron chi connectivity index (χ0n) is 11.4. The molecule has 0 aliphatic heterocycles. The zero-order valence-corrected chi connectivity index (χ0v) is 12.9. The summed E-state index contributed by atoms with van der Waals surface area (Å²) >= 11 is 12.1. The Labute approximate surface area is 119 Å². The van der Waals surface area contributed by atoms with E-state index in [-0.39, 0.29) is 11.3 Å². The Morgan fingerprint density at radius 3 is 2.28 bits per heavy atom. The third-order valence-electron chi connectivity index (χ3n) is 3.18. The predicted molar refractivity (Wildman–Crippen MR) is 73.4 cm³/mol. The van der Waals surface area contributed by atoms with Gasteiger partial charge in [0.15, 0.2) is 0 Å². The van der Waals surface area contributed by atoms with E-state index in [9.17, 15) is 4.79 Å². The first-order valence-electron chi connectivity index (χ1n) is 6.08. The quantitative estimate of drug-likeness (QED) is 0.745. The molecule has 0 aromatic heterocycles. The largest absolute Gasteiger partial charge is 0.341 e. The van der Waals surface area contributed by atoms with Crippen LogP contribution in [0.15, 0.2) is 0 Å². The van der Waals surface area contributed by atoms with Crippen LogP contribution in [-0.2, 0) is 4.79 Å². The third kappa shape index (κ3) is 3.30. The van der Waals surface area contributed by atoms with Crippen molar-refractivity contribution >= 4 is 29.1 Å². The molecule has 1 aliphatic carbocycles. The smallest absolute Gasteiger partial charge is 0.231 e. The minimum absolute atomic E-state index is 0.0162. The van der Waals surface area contributed by atoms with Crippen molar-refractivity contribution in [1.29, 1.82) is 5.26 Å². The molecule has 0 aromatic rings. The summed E-state index contributed by atoms with van der Waals surface area (Å²) in [4.78, 5) is 14.2. The maximum Gasteiger partial charge on any atom is 0.231 e. The maximum absolute atomic E-state index is 12.5. The van der Waals surface area contributed by atoms with E-state index in [1.165, 1.54) is 0 Å². The van der Waals surface area contributed by atoms with E-state index in [2.05, 4.69) is 26.8 Å². The molecule has 3 nitrogen and oxygen atoms in total. The first-order chi connectivity index (χ1) is 8.03. The molecule has 0 heterocycles. The summed E-state index contributed by atoms with van der Waals surface area (Å²) in [5.74, 6) is -0.0438. The molecule has 0 N–H and O–H groups in total. The van der Waals surface area contributed by atoms with Crippen LogP contribution in [0, 0.1) is 22.2 Å². The molecule has 0 bridgehead atoms. The van der Waals surface area contributed by atoms with Crippen molar-refractivity contribution in [2.24, 2.45) is 10.8 Å². The van der Waals surface area contributed by atoms with Crippen LogP contribution in [0.4, 0.5) is 0 Å². The van der Waals surface area contributed by atoms with Gasteiger partial charge in [0.25, 0.3) is 0 Å². The standard InChI is InChI=1S/C13H20Cl2N2O/c1-11(2,3)9-17(7-5-6-16)10(18)12(4)8-13(12,14)15/h5,7-9H2,1-4H3/t12-/m0/s1. The van der Waals surface area contributed by atoms with Gasteiger partial charge in [-0.3, -0.25) is 4.79 Å². The van der Waals surface area contributed by atoms with Gasteiger partial charge in [0.1, 0.15) is 4.33 Å². The van der Waals surface area contributed by atoms with Crippen LogP contribution in [0.2, 0.25) is 0 Å².